The van der Waals surface area contributed by atoms with Gasteiger partial charge in [0, 0.05) is 12.1 Å². The molecule has 7 heteroatoms. The molecular formula is C18H21N3O4. The number of aromatic nitrogens is 2. The molecule has 2 heterocycles. The number of rotatable bonds is 4. The van der Waals surface area contributed by atoms with Crippen LogP contribution >= 0.6 is 0 Å². The molecule has 0 radical (unpaired) electrons. The lowest BCUT2D eigenvalue weighted by Gasteiger charge is -2.40. The molecule has 25 heavy (non-hydrogen) atoms. The van der Waals surface area contributed by atoms with Crippen molar-refractivity contribution >= 4 is 12.1 Å². The van der Waals surface area contributed by atoms with E-state index in [0.29, 0.717) is 5.69 Å². The number of benzene rings is 1. The Morgan fingerprint density at radius 2 is 2.08 bits per heavy atom. The van der Waals surface area contributed by atoms with E-state index in [2.05, 4.69) is 9.97 Å². The summed E-state index contributed by atoms with van der Waals surface area (Å²) in [6.07, 6.45) is 1.09. The summed E-state index contributed by atoms with van der Waals surface area (Å²) in [6, 6.07) is 7.87. The van der Waals surface area contributed by atoms with Crippen molar-refractivity contribution < 1.29 is 19.4 Å². The van der Waals surface area contributed by atoms with Crippen LogP contribution < -0.4 is 0 Å². The Hall–Kier alpha value is -2.83. The van der Waals surface area contributed by atoms with E-state index in [4.69, 9.17) is 4.74 Å². The highest BCUT2D eigenvalue weighted by Gasteiger charge is 2.44. The first-order valence-corrected chi connectivity index (χ1v) is 8.23. The number of aliphatic carboxylic acids is 1. The fraction of sp³-hybridized carbons (Fsp3) is 0.389. The van der Waals surface area contributed by atoms with Gasteiger partial charge in [-0.3, -0.25) is 4.90 Å². The maximum atomic E-state index is 12.7. The van der Waals surface area contributed by atoms with Crippen LogP contribution in [0, 0.1) is 5.92 Å². The number of carboxylic acid groups (broad SMARTS) is 1. The molecule has 2 atom stereocenters. The van der Waals surface area contributed by atoms with Crippen LogP contribution in [0.25, 0.3) is 0 Å². The summed E-state index contributed by atoms with van der Waals surface area (Å²) in [5.41, 5.74) is 2.32. The topological polar surface area (TPSA) is 95.5 Å². The number of H-pyrrole nitrogens is 1. The Morgan fingerprint density at radius 1 is 1.36 bits per heavy atom. The molecule has 0 bridgehead atoms. The standard InChI is InChI=1S/C18H21N3O4/c1-11(2)16-15-13(19-10-20-15)8-14(17(22)23)21(16)18(24)25-9-12-6-4-3-5-7-12/h3-7,10-11,14,16H,8-9H2,1-2H3,(H,19,20)(H,22,23)/t14-,16?/m0/s1. The molecule has 1 aromatic carbocycles. The molecule has 3 rings (SSSR count). The first kappa shape index (κ1) is 17.0. The second-order valence-electron chi connectivity index (χ2n) is 6.46. The minimum absolute atomic E-state index is 0.00604. The largest absolute Gasteiger partial charge is 0.480 e. The van der Waals surface area contributed by atoms with E-state index in [1.165, 1.54) is 11.2 Å². The summed E-state index contributed by atoms with van der Waals surface area (Å²) in [5, 5.41) is 9.62. The monoisotopic (exact) mass is 343 g/mol. The van der Waals surface area contributed by atoms with Gasteiger partial charge in [-0.15, -0.1) is 0 Å². The Bertz CT molecular complexity index is 757. The number of carbonyl (C=O) groups excluding carboxylic acids is 1. The summed E-state index contributed by atoms with van der Waals surface area (Å²) in [7, 11) is 0. The van der Waals surface area contributed by atoms with Crippen LogP contribution in [0.15, 0.2) is 36.7 Å². The number of nitrogens with one attached hydrogen (secondary N) is 1. The lowest BCUT2D eigenvalue weighted by Crippen LogP contribution is -2.52. The van der Waals surface area contributed by atoms with Crippen molar-refractivity contribution in [2.24, 2.45) is 5.92 Å². The summed E-state index contributed by atoms with van der Waals surface area (Å²) < 4.78 is 5.41. The first-order chi connectivity index (χ1) is 12.0. The Labute approximate surface area is 145 Å². The number of hydrogen-bond donors (Lipinski definition) is 2. The SMILES string of the molecule is CC(C)C1c2nc[nH]c2C[C@@H](C(=O)O)N1C(=O)OCc1ccccc1. The molecular weight excluding hydrogens is 322 g/mol. The zero-order valence-electron chi connectivity index (χ0n) is 14.2. The zero-order valence-corrected chi connectivity index (χ0v) is 14.2. The number of aromatic amines is 1. The second kappa shape index (κ2) is 6.96. The summed E-state index contributed by atoms with van der Waals surface area (Å²) in [4.78, 5) is 33.1. The number of amides is 1. The van der Waals surface area contributed by atoms with Crippen LogP contribution in [-0.2, 0) is 22.6 Å². The Balaban J connectivity index is 1.86. The van der Waals surface area contributed by atoms with Gasteiger partial charge >= 0.3 is 12.1 Å². The number of imidazole rings is 1. The van der Waals surface area contributed by atoms with Crippen LogP contribution in [0.3, 0.4) is 0 Å². The molecule has 0 saturated carbocycles. The van der Waals surface area contributed by atoms with Gasteiger partial charge in [-0.05, 0) is 11.5 Å². The molecule has 0 aliphatic carbocycles. The van der Waals surface area contributed by atoms with Gasteiger partial charge in [-0.2, -0.15) is 0 Å². The average Bonchev–Trinajstić information content (AvgIpc) is 3.06. The van der Waals surface area contributed by atoms with E-state index in [1.807, 2.05) is 44.2 Å². The van der Waals surface area contributed by atoms with E-state index >= 15 is 0 Å². The van der Waals surface area contributed by atoms with Crippen molar-refractivity contribution in [1.82, 2.24) is 14.9 Å². The van der Waals surface area contributed by atoms with Crippen molar-refractivity contribution in [3.05, 3.63) is 53.6 Å². The van der Waals surface area contributed by atoms with E-state index < -0.39 is 24.1 Å². The van der Waals surface area contributed by atoms with Crippen LogP contribution in [0.1, 0.15) is 36.8 Å². The number of nitrogens with zero attached hydrogens (tertiary/aromatic N) is 2. The van der Waals surface area contributed by atoms with Gasteiger partial charge in [0.15, 0.2) is 0 Å². The van der Waals surface area contributed by atoms with Gasteiger partial charge in [0.2, 0.25) is 0 Å². The van der Waals surface area contributed by atoms with Gasteiger partial charge in [0.05, 0.1) is 18.1 Å². The summed E-state index contributed by atoms with van der Waals surface area (Å²) in [5.74, 6) is -1.06. The molecule has 1 unspecified atom stereocenters. The molecule has 1 aliphatic heterocycles. The second-order valence-corrected chi connectivity index (χ2v) is 6.46. The van der Waals surface area contributed by atoms with Crippen LogP contribution in [0.2, 0.25) is 0 Å². The number of carboxylic acids is 1. The normalized spacial score (nSPS) is 19.6. The fourth-order valence-corrected chi connectivity index (χ4v) is 3.25. The third kappa shape index (κ3) is 3.35. The fourth-order valence-electron chi connectivity index (χ4n) is 3.25. The molecule has 2 N–H and O–H groups in total. The highest BCUT2D eigenvalue weighted by Crippen LogP contribution is 2.37. The van der Waals surface area contributed by atoms with Crippen molar-refractivity contribution in [1.29, 1.82) is 0 Å². The molecule has 132 valence electrons. The number of ether oxygens (including phenoxy) is 1. The molecule has 0 spiro atoms. The Morgan fingerprint density at radius 3 is 2.72 bits per heavy atom. The minimum Gasteiger partial charge on any atom is -0.480 e. The maximum absolute atomic E-state index is 12.7. The number of hydrogen-bond acceptors (Lipinski definition) is 4. The highest BCUT2D eigenvalue weighted by molar-refractivity contribution is 5.81. The van der Waals surface area contributed by atoms with Gasteiger partial charge in [-0.1, -0.05) is 44.2 Å². The highest BCUT2D eigenvalue weighted by atomic mass is 16.6. The number of fused-ring (bicyclic) bond motifs is 1. The number of carbonyl (C=O) groups is 2. The summed E-state index contributed by atoms with van der Waals surface area (Å²) >= 11 is 0. The van der Waals surface area contributed by atoms with Gasteiger partial charge < -0.3 is 14.8 Å². The van der Waals surface area contributed by atoms with Gasteiger partial charge in [0.1, 0.15) is 12.6 Å². The first-order valence-electron chi connectivity index (χ1n) is 8.23. The minimum atomic E-state index is -1.05. The predicted molar refractivity (Wildman–Crippen MR) is 89.8 cm³/mol. The third-order valence-electron chi connectivity index (χ3n) is 4.40. The molecule has 1 aliphatic rings. The Kier molecular flexibility index (Phi) is 4.74. The van der Waals surface area contributed by atoms with E-state index in [-0.39, 0.29) is 18.9 Å². The van der Waals surface area contributed by atoms with Crippen molar-refractivity contribution in [2.75, 3.05) is 0 Å². The van der Waals surface area contributed by atoms with Crippen LogP contribution in [0.5, 0.6) is 0 Å². The molecule has 0 fully saturated rings. The predicted octanol–water partition coefficient (Wildman–Crippen LogP) is 2.75. The van der Waals surface area contributed by atoms with Gasteiger partial charge in [0.25, 0.3) is 0 Å². The van der Waals surface area contributed by atoms with Gasteiger partial charge in [-0.25, -0.2) is 14.6 Å². The molecule has 1 aromatic heterocycles. The summed E-state index contributed by atoms with van der Waals surface area (Å²) in [6.45, 7) is 3.97. The maximum Gasteiger partial charge on any atom is 0.411 e. The zero-order chi connectivity index (χ0) is 18.0. The van der Waals surface area contributed by atoms with Crippen molar-refractivity contribution in [2.45, 2.75) is 39.0 Å². The molecule has 1 amide bonds. The smallest absolute Gasteiger partial charge is 0.411 e. The average molecular weight is 343 g/mol. The van der Waals surface area contributed by atoms with Crippen molar-refractivity contribution in [3.8, 4) is 0 Å². The molecule has 7 nitrogen and oxygen atoms in total. The van der Waals surface area contributed by atoms with E-state index in [1.54, 1.807) is 0 Å². The lowest BCUT2D eigenvalue weighted by atomic mass is 9.89. The van der Waals surface area contributed by atoms with E-state index in [0.717, 1.165) is 11.3 Å². The quantitative estimate of drug-likeness (QED) is 0.890. The molecule has 2 aromatic rings. The van der Waals surface area contributed by atoms with Crippen LogP contribution in [-0.4, -0.2) is 38.1 Å². The molecule has 0 saturated heterocycles. The van der Waals surface area contributed by atoms with Crippen molar-refractivity contribution in [3.63, 3.8) is 0 Å². The van der Waals surface area contributed by atoms with Crippen LogP contribution in [0.4, 0.5) is 4.79 Å². The van der Waals surface area contributed by atoms with E-state index in [9.17, 15) is 14.7 Å². The lowest BCUT2D eigenvalue weighted by molar-refractivity contribution is -0.144. The third-order valence-corrected chi connectivity index (χ3v) is 4.40.